The number of rotatable bonds is 2. The van der Waals surface area contributed by atoms with E-state index >= 15 is 0 Å². The van der Waals surface area contributed by atoms with Crippen LogP contribution in [0.15, 0.2) is 158 Å². The zero-order valence-corrected chi connectivity index (χ0v) is 31.4. The van der Waals surface area contributed by atoms with Gasteiger partial charge in [-0.3, -0.25) is 0 Å². The Bertz CT molecular complexity index is 2970. The van der Waals surface area contributed by atoms with E-state index in [-0.39, 0.29) is 5.41 Å². The highest BCUT2D eigenvalue weighted by Gasteiger charge is 2.36. The second kappa shape index (κ2) is 12.5. The minimum Gasteiger partial charge on any atom is -0.309 e. The van der Waals surface area contributed by atoms with Crippen LogP contribution in [-0.4, -0.2) is 4.57 Å². The van der Waals surface area contributed by atoms with Crippen molar-refractivity contribution in [1.29, 1.82) is 0 Å². The summed E-state index contributed by atoms with van der Waals surface area (Å²) in [5.74, 6) is 0. The van der Waals surface area contributed by atoms with Gasteiger partial charge in [-0.15, -0.1) is 0 Å². The number of fused-ring (bicyclic) bond motifs is 11. The molecule has 0 atom stereocenters. The Morgan fingerprint density at radius 3 is 2.07 bits per heavy atom. The fourth-order valence-electron chi connectivity index (χ4n) is 9.49. The van der Waals surface area contributed by atoms with Crippen molar-refractivity contribution < 1.29 is 0 Å². The maximum absolute atomic E-state index is 2.49. The van der Waals surface area contributed by atoms with Crippen LogP contribution in [0.25, 0.3) is 82.9 Å². The lowest BCUT2D eigenvalue weighted by Gasteiger charge is -2.38. The Morgan fingerprint density at radius 1 is 0.537 bits per heavy atom. The standard InChI is InChI=1S/C50H35N.C3H8/c1-50(2)43-20-10-8-19-39(43)49-42-30-34(27-31-23-26-46-40(28-31)38-18-9-11-22-45(38)51(46)35-15-4-3-5-16-35)37-25-24-32-13-6-7-17-36(32)48(37)41(42)29-33-14-12-21-44(50)47(33)49;1-3-2/h3-29H,30H2,1-2H3;3H2,1-2H3. The summed E-state index contributed by atoms with van der Waals surface area (Å²) in [7, 11) is 0. The maximum Gasteiger partial charge on any atom is 0.0541 e. The van der Waals surface area contributed by atoms with E-state index in [0.29, 0.717) is 0 Å². The fourth-order valence-corrected chi connectivity index (χ4v) is 9.49. The fraction of sp³-hybridized carbons (Fsp3) is 0.132. The Hall–Kier alpha value is -6.18. The SMILES string of the molecule is CC1(C)c2ccccc2-c2c3c(cc4cccc1c24)-c1c(ccc2ccccc12)C(=Cc1ccc2c(c1)c1ccccc1n2-c1ccccc1)C3.CCC. The second-order valence-corrected chi connectivity index (χ2v) is 15.6. The van der Waals surface area contributed by atoms with Crippen molar-refractivity contribution in [2.45, 2.75) is 46.0 Å². The predicted molar refractivity (Wildman–Crippen MR) is 233 cm³/mol. The molecule has 0 radical (unpaired) electrons. The van der Waals surface area contributed by atoms with Crippen LogP contribution in [-0.2, 0) is 11.8 Å². The Balaban J connectivity index is 0.00000117. The average molecular weight is 694 g/mol. The molecule has 0 bridgehead atoms. The van der Waals surface area contributed by atoms with Gasteiger partial charge in [-0.2, -0.15) is 0 Å². The van der Waals surface area contributed by atoms with E-state index in [1.807, 2.05) is 0 Å². The molecule has 260 valence electrons. The molecule has 1 aromatic heterocycles. The molecule has 0 N–H and O–H groups in total. The smallest absolute Gasteiger partial charge is 0.0541 e. The van der Waals surface area contributed by atoms with Crippen molar-refractivity contribution in [3.05, 3.63) is 186 Å². The first-order chi connectivity index (χ1) is 26.5. The highest BCUT2D eigenvalue weighted by atomic mass is 15.0. The molecule has 1 heterocycles. The molecule has 1 heteroatoms. The van der Waals surface area contributed by atoms with Gasteiger partial charge in [0, 0.05) is 21.9 Å². The molecule has 11 rings (SSSR count). The Kier molecular flexibility index (Phi) is 7.49. The summed E-state index contributed by atoms with van der Waals surface area (Å²) in [4.78, 5) is 0. The molecule has 1 nitrogen and oxygen atoms in total. The first-order valence-corrected chi connectivity index (χ1v) is 19.5. The van der Waals surface area contributed by atoms with Crippen LogP contribution >= 0.6 is 0 Å². The van der Waals surface area contributed by atoms with Gasteiger partial charge in [0.25, 0.3) is 0 Å². The lowest BCUT2D eigenvalue weighted by Crippen LogP contribution is -2.24. The third kappa shape index (κ3) is 4.78. The van der Waals surface area contributed by atoms with E-state index in [1.54, 1.807) is 0 Å². The molecule has 2 aliphatic carbocycles. The molecule has 0 amide bonds. The molecule has 0 unspecified atom stereocenters. The number of nitrogens with zero attached hydrogens (tertiary/aromatic N) is 1. The van der Waals surface area contributed by atoms with Gasteiger partial charge < -0.3 is 4.57 Å². The van der Waals surface area contributed by atoms with E-state index in [9.17, 15) is 0 Å². The van der Waals surface area contributed by atoms with E-state index in [1.165, 1.54) is 111 Å². The molecule has 0 saturated carbocycles. The number of hydrogen-bond donors (Lipinski definition) is 0. The highest BCUT2D eigenvalue weighted by Crippen LogP contribution is 2.55. The summed E-state index contributed by atoms with van der Waals surface area (Å²) in [6, 6.07) is 58.7. The van der Waals surface area contributed by atoms with Gasteiger partial charge in [-0.05, 0) is 120 Å². The van der Waals surface area contributed by atoms with Crippen LogP contribution in [0.3, 0.4) is 0 Å². The first kappa shape index (κ1) is 32.5. The van der Waals surface area contributed by atoms with Crippen molar-refractivity contribution >= 4 is 55.0 Å². The minimum absolute atomic E-state index is 0.0797. The summed E-state index contributed by atoms with van der Waals surface area (Å²) in [5, 5.41) is 7.90. The van der Waals surface area contributed by atoms with Gasteiger partial charge in [0.15, 0.2) is 0 Å². The first-order valence-electron chi connectivity index (χ1n) is 19.5. The monoisotopic (exact) mass is 693 g/mol. The van der Waals surface area contributed by atoms with E-state index in [0.717, 1.165) is 6.42 Å². The van der Waals surface area contributed by atoms with Gasteiger partial charge in [0.05, 0.1) is 11.0 Å². The molecule has 9 aromatic rings. The van der Waals surface area contributed by atoms with Gasteiger partial charge in [0.1, 0.15) is 0 Å². The lowest BCUT2D eigenvalue weighted by molar-refractivity contribution is 0.645. The Morgan fingerprint density at radius 2 is 1.22 bits per heavy atom. The maximum atomic E-state index is 2.49. The summed E-state index contributed by atoms with van der Waals surface area (Å²) >= 11 is 0. The summed E-state index contributed by atoms with van der Waals surface area (Å²) < 4.78 is 2.40. The molecule has 54 heavy (non-hydrogen) atoms. The van der Waals surface area contributed by atoms with E-state index in [4.69, 9.17) is 0 Å². The number of benzene rings is 8. The normalized spacial score (nSPS) is 14.5. The van der Waals surface area contributed by atoms with Gasteiger partial charge in [-0.1, -0.05) is 162 Å². The van der Waals surface area contributed by atoms with Crippen LogP contribution in [0, 0.1) is 0 Å². The van der Waals surface area contributed by atoms with Gasteiger partial charge in [0.2, 0.25) is 0 Å². The Labute approximate surface area is 317 Å². The van der Waals surface area contributed by atoms with Crippen molar-refractivity contribution in [3.63, 3.8) is 0 Å². The molecular weight excluding hydrogens is 651 g/mol. The predicted octanol–water partition coefficient (Wildman–Crippen LogP) is 14.6. The lowest BCUT2D eigenvalue weighted by atomic mass is 9.65. The summed E-state index contributed by atoms with van der Waals surface area (Å²) in [6.07, 6.45) is 4.59. The summed E-state index contributed by atoms with van der Waals surface area (Å²) in [6.45, 7) is 9.03. The zero-order valence-electron chi connectivity index (χ0n) is 31.4. The largest absolute Gasteiger partial charge is 0.309 e. The van der Waals surface area contributed by atoms with Crippen LogP contribution in [0.2, 0.25) is 0 Å². The van der Waals surface area contributed by atoms with Crippen molar-refractivity contribution in [2.24, 2.45) is 0 Å². The van der Waals surface area contributed by atoms with E-state index in [2.05, 4.69) is 196 Å². The quantitative estimate of drug-likeness (QED) is 0.170. The van der Waals surface area contributed by atoms with Crippen molar-refractivity contribution in [2.75, 3.05) is 0 Å². The van der Waals surface area contributed by atoms with E-state index < -0.39 is 0 Å². The molecule has 0 aliphatic heterocycles. The third-order valence-corrected chi connectivity index (χ3v) is 11.8. The van der Waals surface area contributed by atoms with Crippen LogP contribution < -0.4 is 0 Å². The molecule has 0 spiro atoms. The van der Waals surface area contributed by atoms with Gasteiger partial charge in [-0.25, -0.2) is 0 Å². The minimum atomic E-state index is -0.0797. The molecule has 8 aromatic carbocycles. The molecule has 0 fully saturated rings. The highest BCUT2D eigenvalue weighted by molar-refractivity contribution is 6.15. The van der Waals surface area contributed by atoms with Crippen molar-refractivity contribution in [1.82, 2.24) is 4.57 Å². The second-order valence-electron chi connectivity index (χ2n) is 15.6. The molecule has 2 aliphatic rings. The number of hydrogen-bond acceptors (Lipinski definition) is 0. The summed E-state index contributed by atoms with van der Waals surface area (Å²) in [5.41, 5.74) is 17.3. The third-order valence-electron chi connectivity index (χ3n) is 11.8. The van der Waals surface area contributed by atoms with Gasteiger partial charge >= 0.3 is 0 Å². The molecular formula is C53H43N. The van der Waals surface area contributed by atoms with Crippen LogP contribution in [0.5, 0.6) is 0 Å². The number of allylic oxidation sites excluding steroid dienone is 1. The average Bonchev–Trinajstić information content (AvgIpc) is 3.53. The number of para-hydroxylation sites is 2. The number of aromatic nitrogens is 1. The van der Waals surface area contributed by atoms with Crippen molar-refractivity contribution in [3.8, 4) is 27.9 Å². The van der Waals surface area contributed by atoms with Crippen LogP contribution in [0.1, 0.15) is 61.9 Å². The molecule has 0 saturated heterocycles. The van der Waals surface area contributed by atoms with Crippen LogP contribution in [0.4, 0.5) is 0 Å². The topological polar surface area (TPSA) is 4.93 Å². The zero-order chi connectivity index (χ0) is 36.6.